The number of rotatable bonds is 7. The second kappa shape index (κ2) is 9.47. The Labute approximate surface area is 175 Å². The molecule has 0 fully saturated rings. The summed E-state index contributed by atoms with van der Waals surface area (Å²) in [5.74, 6) is 0.0645. The molecule has 1 amide bonds. The third-order valence-electron chi connectivity index (χ3n) is 4.65. The molecule has 0 saturated heterocycles. The number of amides is 1. The van der Waals surface area contributed by atoms with Crippen molar-refractivity contribution in [3.05, 3.63) is 126 Å². The van der Waals surface area contributed by atoms with Crippen molar-refractivity contribution in [2.75, 3.05) is 0 Å². The van der Waals surface area contributed by atoms with Crippen LogP contribution in [0.1, 0.15) is 33.2 Å². The standard InChI is InChI=1S/C25H21N3O2/c29-25(22-16-23(27-18-26-22)30-17-19-10-4-1-5-11-19)28-24(20-12-6-2-7-13-20)21-14-8-3-9-15-21/h1-16,18,24H,17H2,(H,28,29). The number of nitrogens with one attached hydrogen (secondary N) is 1. The number of ether oxygens (including phenoxy) is 1. The van der Waals surface area contributed by atoms with Crippen LogP contribution in [0.2, 0.25) is 0 Å². The predicted molar refractivity (Wildman–Crippen MR) is 115 cm³/mol. The lowest BCUT2D eigenvalue weighted by Gasteiger charge is -2.19. The van der Waals surface area contributed by atoms with Gasteiger partial charge in [-0.3, -0.25) is 4.79 Å². The zero-order valence-electron chi connectivity index (χ0n) is 16.3. The largest absolute Gasteiger partial charge is 0.473 e. The van der Waals surface area contributed by atoms with E-state index in [0.29, 0.717) is 12.5 Å². The molecule has 1 N–H and O–H groups in total. The lowest BCUT2D eigenvalue weighted by molar-refractivity contribution is 0.0937. The van der Waals surface area contributed by atoms with Crippen LogP contribution in [0.25, 0.3) is 0 Å². The van der Waals surface area contributed by atoms with E-state index in [1.807, 2.05) is 91.0 Å². The molecule has 1 aromatic heterocycles. The van der Waals surface area contributed by atoms with E-state index in [9.17, 15) is 4.79 Å². The number of nitrogens with zero attached hydrogens (tertiary/aromatic N) is 2. The molecule has 5 nitrogen and oxygen atoms in total. The predicted octanol–water partition coefficient (Wildman–Crippen LogP) is 4.58. The van der Waals surface area contributed by atoms with Crippen molar-refractivity contribution >= 4 is 5.91 Å². The van der Waals surface area contributed by atoms with E-state index in [4.69, 9.17) is 4.74 Å². The monoisotopic (exact) mass is 395 g/mol. The topological polar surface area (TPSA) is 64.1 Å². The minimum Gasteiger partial charge on any atom is -0.473 e. The van der Waals surface area contributed by atoms with Crippen LogP contribution in [-0.4, -0.2) is 15.9 Å². The fourth-order valence-corrected chi connectivity index (χ4v) is 3.13. The smallest absolute Gasteiger partial charge is 0.270 e. The summed E-state index contributed by atoms with van der Waals surface area (Å²) in [6.45, 7) is 0.371. The van der Waals surface area contributed by atoms with E-state index in [0.717, 1.165) is 16.7 Å². The summed E-state index contributed by atoms with van der Waals surface area (Å²) in [7, 11) is 0. The van der Waals surface area contributed by atoms with Crippen LogP contribution >= 0.6 is 0 Å². The third-order valence-corrected chi connectivity index (χ3v) is 4.65. The van der Waals surface area contributed by atoms with Crippen LogP contribution in [0.5, 0.6) is 5.88 Å². The first kappa shape index (κ1) is 19.3. The summed E-state index contributed by atoms with van der Waals surface area (Å²) in [4.78, 5) is 21.2. The van der Waals surface area contributed by atoms with Crippen molar-refractivity contribution in [1.29, 1.82) is 0 Å². The van der Waals surface area contributed by atoms with E-state index in [-0.39, 0.29) is 17.6 Å². The van der Waals surface area contributed by atoms with Crippen LogP contribution in [0, 0.1) is 0 Å². The molecule has 30 heavy (non-hydrogen) atoms. The van der Waals surface area contributed by atoms with Crippen molar-refractivity contribution in [1.82, 2.24) is 15.3 Å². The van der Waals surface area contributed by atoms with Gasteiger partial charge in [-0.1, -0.05) is 91.0 Å². The fourth-order valence-electron chi connectivity index (χ4n) is 3.13. The highest BCUT2D eigenvalue weighted by atomic mass is 16.5. The van der Waals surface area contributed by atoms with Crippen LogP contribution < -0.4 is 10.1 Å². The highest BCUT2D eigenvalue weighted by molar-refractivity contribution is 5.93. The first-order valence-electron chi connectivity index (χ1n) is 9.69. The average Bonchev–Trinajstić information content (AvgIpc) is 2.83. The molecule has 4 aromatic rings. The second-order valence-corrected chi connectivity index (χ2v) is 6.74. The molecule has 0 unspecified atom stereocenters. The van der Waals surface area contributed by atoms with Crippen molar-refractivity contribution in [3.63, 3.8) is 0 Å². The van der Waals surface area contributed by atoms with Crippen molar-refractivity contribution < 1.29 is 9.53 Å². The van der Waals surface area contributed by atoms with Crippen molar-refractivity contribution in [3.8, 4) is 5.88 Å². The third kappa shape index (κ3) is 4.89. The Kier molecular flexibility index (Phi) is 6.11. The average molecular weight is 395 g/mol. The minimum absolute atomic E-state index is 0.255. The lowest BCUT2D eigenvalue weighted by atomic mass is 9.98. The number of aromatic nitrogens is 2. The SMILES string of the molecule is O=C(NC(c1ccccc1)c1ccccc1)c1cc(OCc2ccccc2)ncn1. The zero-order chi connectivity index (χ0) is 20.6. The molecule has 0 aliphatic rings. The van der Waals surface area contributed by atoms with E-state index < -0.39 is 0 Å². The Morgan fingerprint density at radius 2 is 1.37 bits per heavy atom. The molecule has 3 aromatic carbocycles. The summed E-state index contributed by atoms with van der Waals surface area (Å²) in [5.41, 5.74) is 3.26. The molecular formula is C25H21N3O2. The van der Waals surface area contributed by atoms with Gasteiger partial charge in [-0.2, -0.15) is 0 Å². The maximum absolute atomic E-state index is 13.0. The Morgan fingerprint density at radius 1 is 0.800 bits per heavy atom. The summed E-state index contributed by atoms with van der Waals surface area (Å²) in [6.07, 6.45) is 1.34. The van der Waals surface area contributed by atoms with Gasteiger partial charge in [-0.25, -0.2) is 9.97 Å². The van der Waals surface area contributed by atoms with Gasteiger partial charge < -0.3 is 10.1 Å². The van der Waals surface area contributed by atoms with E-state index in [1.54, 1.807) is 6.07 Å². The summed E-state index contributed by atoms with van der Waals surface area (Å²) in [5, 5.41) is 3.08. The minimum atomic E-state index is -0.292. The second-order valence-electron chi connectivity index (χ2n) is 6.74. The number of carbonyl (C=O) groups is 1. The van der Waals surface area contributed by atoms with Gasteiger partial charge in [0.15, 0.2) is 0 Å². The summed E-state index contributed by atoms with van der Waals surface area (Å²) in [6, 6.07) is 30.8. The summed E-state index contributed by atoms with van der Waals surface area (Å²) >= 11 is 0. The van der Waals surface area contributed by atoms with Gasteiger partial charge >= 0.3 is 0 Å². The van der Waals surface area contributed by atoms with Gasteiger partial charge in [-0.05, 0) is 16.7 Å². The van der Waals surface area contributed by atoms with Gasteiger partial charge in [0.05, 0.1) is 6.04 Å². The molecule has 0 bridgehead atoms. The van der Waals surface area contributed by atoms with Gasteiger partial charge in [0.1, 0.15) is 18.6 Å². The molecule has 0 aliphatic heterocycles. The quantitative estimate of drug-likeness (QED) is 0.498. The Hall–Kier alpha value is -3.99. The molecule has 0 spiro atoms. The summed E-state index contributed by atoms with van der Waals surface area (Å²) < 4.78 is 5.73. The van der Waals surface area contributed by atoms with E-state index in [2.05, 4.69) is 15.3 Å². The zero-order valence-corrected chi connectivity index (χ0v) is 16.3. The highest BCUT2D eigenvalue weighted by Gasteiger charge is 2.19. The lowest BCUT2D eigenvalue weighted by Crippen LogP contribution is -2.30. The molecule has 0 radical (unpaired) electrons. The van der Waals surface area contributed by atoms with Crippen molar-refractivity contribution in [2.45, 2.75) is 12.6 Å². The fraction of sp³-hybridized carbons (Fsp3) is 0.0800. The number of hydrogen-bond acceptors (Lipinski definition) is 4. The van der Waals surface area contributed by atoms with Gasteiger partial charge in [0, 0.05) is 6.07 Å². The maximum Gasteiger partial charge on any atom is 0.270 e. The number of hydrogen-bond donors (Lipinski definition) is 1. The van der Waals surface area contributed by atoms with Crippen molar-refractivity contribution in [2.24, 2.45) is 0 Å². The van der Waals surface area contributed by atoms with Gasteiger partial charge in [-0.15, -0.1) is 0 Å². The van der Waals surface area contributed by atoms with E-state index in [1.165, 1.54) is 6.33 Å². The molecule has 0 saturated carbocycles. The Balaban J connectivity index is 1.51. The molecule has 1 heterocycles. The first-order chi connectivity index (χ1) is 14.8. The molecule has 4 rings (SSSR count). The molecular weight excluding hydrogens is 374 g/mol. The molecule has 0 aliphatic carbocycles. The highest BCUT2D eigenvalue weighted by Crippen LogP contribution is 2.22. The van der Waals surface area contributed by atoms with Gasteiger partial charge in [0.25, 0.3) is 5.91 Å². The molecule has 5 heteroatoms. The normalized spacial score (nSPS) is 10.6. The molecule has 0 atom stereocenters. The van der Waals surface area contributed by atoms with Crippen LogP contribution in [0.3, 0.4) is 0 Å². The number of benzene rings is 3. The van der Waals surface area contributed by atoms with E-state index >= 15 is 0 Å². The van der Waals surface area contributed by atoms with Crippen LogP contribution in [-0.2, 0) is 6.61 Å². The van der Waals surface area contributed by atoms with Crippen LogP contribution in [0.4, 0.5) is 0 Å². The Bertz CT molecular complexity index is 1050. The first-order valence-corrected chi connectivity index (χ1v) is 9.69. The van der Waals surface area contributed by atoms with Crippen LogP contribution in [0.15, 0.2) is 103 Å². The molecule has 148 valence electrons. The van der Waals surface area contributed by atoms with Gasteiger partial charge in [0.2, 0.25) is 5.88 Å². The Morgan fingerprint density at radius 3 is 1.97 bits per heavy atom. The number of carbonyl (C=O) groups excluding carboxylic acids is 1. The maximum atomic E-state index is 13.0.